The second-order valence-electron chi connectivity index (χ2n) is 6.12. The summed E-state index contributed by atoms with van der Waals surface area (Å²) >= 11 is 0. The summed E-state index contributed by atoms with van der Waals surface area (Å²) in [4.78, 5) is 14.6. The molecule has 0 radical (unpaired) electrons. The Kier molecular flexibility index (Phi) is 5.67. The molecule has 1 amide bonds. The molecule has 0 bridgehead atoms. The Balaban J connectivity index is 1.62. The van der Waals surface area contributed by atoms with Crippen LogP contribution in [0.1, 0.15) is 17.3 Å². The molecule has 2 aromatic rings. The monoisotopic (exact) mass is 344 g/mol. The summed E-state index contributed by atoms with van der Waals surface area (Å²) in [7, 11) is 3.48. The van der Waals surface area contributed by atoms with Gasteiger partial charge in [-0.3, -0.25) is 14.4 Å². The number of nitrogens with one attached hydrogen (secondary N) is 1. The zero-order chi connectivity index (χ0) is 17.6. The fourth-order valence-corrected chi connectivity index (χ4v) is 3.05. The van der Waals surface area contributed by atoms with Crippen molar-refractivity contribution in [2.45, 2.75) is 12.6 Å². The summed E-state index contributed by atoms with van der Waals surface area (Å²) in [5.41, 5.74) is 2.02. The quantitative estimate of drug-likeness (QED) is 0.850. The number of carbonyl (C=O) groups excluding carboxylic acids is 1. The van der Waals surface area contributed by atoms with Crippen molar-refractivity contribution in [3.63, 3.8) is 0 Å². The Morgan fingerprint density at radius 1 is 1.40 bits per heavy atom. The highest BCUT2D eigenvalue weighted by molar-refractivity contribution is 5.78. The van der Waals surface area contributed by atoms with E-state index in [1.54, 1.807) is 18.0 Å². The standard InChI is InChI=1S/C18H24N4O3/c1-21-16(7-8-19-21)15(13-24-2)20-18(23)12-22-9-10-25-17-6-4-3-5-14(17)11-22/h3-8,15H,9-13H2,1-2H3,(H,20,23)/t15-/m0/s1. The van der Waals surface area contributed by atoms with Gasteiger partial charge in [-0.25, -0.2) is 0 Å². The molecule has 1 aromatic carbocycles. The molecule has 0 unspecified atom stereocenters. The number of methoxy groups -OCH3 is 1. The predicted octanol–water partition coefficient (Wildman–Crippen LogP) is 1.12. The number of amides is 1. The number of rotatable bonds is 6. The normalized spacial score (nSPS) is 15.8. The largest absolute Gasteiger partial charge is 0.492 e. The van der Waals surface area contributed by atoms with Gasteiger partial charge in [0, 0.05) is 39.0 Å². The summed E-state index contributed by atoms with van der Waals surface area (Å²) in [6.07, 6.45) is 1.72. The van der Waals surface area contributed by atoms with E-state index in [2.05, 4.69) is 15.3 Å². The number of para-hydroxylation sites is 1. The number of benzene rings is 1. The summed E-state index contributed by atoms with van der Waals surface area (Å²) in [6.45, 7) is 2.70. The molecule has 1 N–H and O–H groups in total. The molecule has 1 aliphatic heterocycles. The van der Waals surface area contributed by atoms with E-state index >= 15 is 0 Å². The zero-order valence-corrected chi connectivity index (χ0v) is 14.6. The average Bonchev–Trinajstić information content (AvgIpc) is 2.91. The molecule has 0 aliphatic carbocycles. The number of hydrogen-bond acceptors (Lipinski definition) is 5. The van der Waals surface area contributed by atoms with Gasteiger partial charge in [0.15, 0.2) is 0 Å². The molecule has 7 nitrogen and oxygen atoms in total. The summed E-state index contributed by atoms with van der Waals surface area (Å²) < 4.78 is 12.8. The third-order valence-corrected chi connectivity index (χ3v) is 4.28. The maximum absolute atomic E-state index is 12.5. The first-order valence-electron chi connectivity index (χ1n) is 8.36. The number of ether oxygens (including phenoxy) is 2. The molecule has 134 valence electrons. The SMILES string of the molecule is COC[C@H](NC(=O)CN1CCOc2ccccc2C1)c1ccnn1C. The van der Waals surface area contributed by atoms with Crippen molar-refractivity contribution in [3.05, 3.63) is 47.8 Å². The van der Waals surface area contributed by atoms with Crippen molar-refractivity contribution in [3.8, 4) is 5.75 Å². The number of nitrogens with zero attached hydrogens (tertiary/aromatic N) is 3. The lowest BCUT2D eigenvalue weighted by Crippen LogP contribution is -2.41. The van der Waals surface area contributed by atoms with E-state index in [1.165, 1.54) is 0 Å². The predicted molar refractivity (Wildman–Crippen MR) is 93.2 cm³/mol. The lowest BCUT2D eigenvalue weighted by Gasteiger charge is -2.22. The first-order valence-corrected chi connectivity index (χ1v) is 8.36. The van der Waals surface area contributed by atoms with Crippen LogP contribution in [0.2, 0.25) is 0 Å². The highest BCUT2D eigenvalue weighted by atomic mass is 16.5. The number of hydrogen-bond donors (Lipinski definition) is 1. The highest BCUT2D eigenvalue weighted by Crippen LogP contribution is 2.22. The minimum absolute atomic E-state index is 0.0392. The van der Waals surface area contributed by atoms with Gasteiger partial charge in [0.05, 0.1) is 24.9 Å². The summed E-state index contributed by atoms with van der Waals surface area (Å²) in [5.74, 6) is 0.861. The van der Waals surface area contributed by atoms with Crippen LogP contribution in [-0.2, 0) is 23.1 Å². The lowest BCUT2D eigenvalue weighted by molar-refractivity contribution is -0.123. The van der Waals surface area contributed by atoms with Gasteiger partial charge in [0.2, 0.25) is 5.91 Å². The van der Waals surface area contributed by atoms with Crippen LogP contribution in [0.15, 0.2) is 36.5 Å². The second kappa shape index (κ2) is 8.13. The third-order valence-electron chi connectivity index (χ3n) is 4.28. The van der Waals surface area contributed by atoms with Gasteiger partial charge in [0.25, 0.3) is 0 Å². The Labute approximate surface area is 147 Å². The van der Waals surface area contributed by atoms with Crippen LogP contribution in [0.3, 0.4) is 0 Å². The first kappa shape index (κ1) is 17.4. The molecular weight excluding hydrogens is 320 g/mol. The van der Waals surface area contributed by atoms with Crippen molar-refractivity contribution >= 4 is 5.91 Å². The molecule has 0 saturated carbocycles. The van der Waals surface area contributed by atoms with Crippen LogP contribution in [-0.4, -0.2) is 54.0 Å². The number of aromatic nitrogens is 2. The van der Waals surface area contributed by atoms with Gasteiger partial charge < -0.3 is 14.8 Å². The summed E-state index contributed by atoms with van der Waals surface area (Å²) in [5, 5.41) is 7.21. The van der Waals surface area contributed by atoms with Crippen LogP contribution in [0, 0.1) is 0 Å². The van der Waals surface area contributed by atoms with Crippen LogP contribution >= 0.6 is 0 Å². The number of carbonyl (C=O) groups is 1. The van der Waals surface area contributed by atoms with Crippen LogP contribution < -0.4 is 10.1 Å². The number of fused-ring (bicyclic) bond motifs is 1. The van der Waals surface area contributed by atoms with E-state index in [-0.39, 0.29) is 11.9 Å². The van der Waals surface area contributed by atoms with Gasteiger partial charge >= 0.3 is 0 Å². The second-order valence-corrected chi connectivity index (χ2v) is 6.12. The van der Waals surface area contributed by atoms with E-state index < -0.39 is 0 Å². The van der Waals surface area contributed by atoms with E-state index in [0.29, 0.717) is 32.8 Å². The van der Waals surface area contributed by atoms with Crippen molar-refractivity contribution in [2.24, 2.45) is 7.05 Å². The Morgan fingerprint density at radius 3 is 3.00 bits per heavy atom. The molecular formula is C18H24N4O3. The topological polar surface area (TPSA) is 68.6 Å². The Bertz CT molecular complexity index is 716. The highest BCUT2D eigenvalue weighted by Gasteiger charge is 2.21. The molecule has 2 heterocycles. The Hall–Kier alpha value is -2.38. The van der Waals surface area contributed by atoms with E-state index in [9.17, 15) is 4.79 Å². The van der Waals surface area contributed by atoms with Crippen molar-refractivity contribution < 1.29 is 14.3 Å². The third kappa shape index (κ3) is 4.37. The molecule has 1 aromatic heterocycles. The van der Waals surface area contributed by atoms with Gasteiger partial charge in [-0.2, -0.15) is 5.10 Å². The molecule has 3 rings (SSSR count). The first-order chi connectivity index (χ1) is 12.2. The minimum atomic E-state index is -0.222. The lowest BCUT2D eigenvalue weighted by atomic mass is 10.2. The zero-order valence-electron chi connectivity index (χ0n) is 14.6. The maximum Gasteiger partial charge on any atom is 0.234 e. The van der Waals surface area contributed by atoms with Gasteiger partial charge in [-0.15, -0.1) is 0 Å². The molecule has 25 heavy (non-hydrogen) atoms. The van der Waals surface area contributed by atoms with Crippen LogP contribution in [0.25, 0.3) is 0 Å². The minimum Gasteiger partial charge on any atom is -0.492 e. The Morgan fingerprint density at radius 2 is 2.24 bits per heavy atom. The summed E-state index contributed by atoms with van der Waals surface area (Å²) in [6, 6.07) is 9.62. The van der Waals surface area contributed by atoms with E-state index in [1.807, 2.05) is 37.4 Å². The fourth-order valence-electron chi connectivity index (χ4n) is 3.05. The maximum atomic E-state index is 12.5. The molecule has 0 spiro atoms. The van der Waals surface area contributed by atoms with Gasteiger partial charge in [0.1, 0.15) is 12.4 Å². The average molecular weight is 344 g/mol. The van der Waals surface area contributed by atoms with Crippen LogP contribution in [0.5, 0.6) is 5.75 Å². The molecule has 0 fully saturated rings. The molecule has 1 aliphatic rings. The van der Waals surface area contributed by atoms with Crippen molar-refractivity contribution in [1.29, 1.82) is 0 Å². The van der Waals surface area contributed by atoms with Gasteiger partial charge in [-0.1, -0.05) is 18.2 Å². The molecule has 0 saturated heterocycles. The van der Waals surface area contributed by atoms with Crippen LogP contribution in [0.4, 0.5) is 0 Å². The van der Waals surface area contributed by atoms with E-state index in [4.69, 9.17) is 9.47 Å². The van der Waals surface area contributed by atoms with Crippen molar-refractivity contribution in [2.75, 3.05) is 33.4 Å². The van der Waals surface area contributed by atoms with Crippen molar-refractivity contribution in [1.82, 2.24) is 20.0 Å². The number of aryl methyl sites for hydroxylation is 1. The van der Waals surface area contributed by atoms with Gasteiger partial charge in [-0.05, 0) is 12.1 Å². The van der Waals surface area contributed by atoms with E-state index in [0.717, 1.165) is 17.0 Å². The fraction of sp³-hybridized carbons (Fsp3) is 0.444. The smallest absolute Gasteiger partial charge is 0.234 e. The molecule has 1 atom stereocenters. The molecule has 7 heteroatoms.